The van der Waals surface area contributed by atoms with Crippen molar-refractivity contribution in [2.45, 2.75) is 26.7 Å². The number of carbonyl (C=O) groups is 4. The van der Waals surface area contributed by atoms with Crippen molar-refractivity contribution in [1.82, 2.24) is 10.2 Å². The number of hydrogen-bond acceptors (Lipinski definition) is 4. The van der Waals surface area contributed by atoms with Crippen LogP contribution in [0.4, 0.5) is 10.5 Å². The summed E-state index contributed by atoms with van der Waals surface area (Å²) in [5.74, 6) is -1.44. The first-order valence-corrected chi connectivity index (χ1v) is 8.06. The third-order valence-electron chi connectivity index (χ3n) is 3.63. The van der Waals surface area contributed by atoms with E-state index in [4.69, 9.17) is 5.11 Å². The van der Waals surface area contributed by atoms with Crippen LogP contribution in [0.2, 0.25) is 0 Å². The van der Waals surface area contributed by atoms with E-state index in [1.54, 1.807) is 6.07 Å². The number of fused-ring (bicyclic) bond motifs is 1. The van der Waals surface area contributed by atoms with E-state index in [0.29, 0.717) is 24.2 Å². The molecule has 0 fully saturated rings. The van der Waals surface area contributed by atoms with Gasteiger partial charge in [-0.05, 0) is 30.5 Å². The maximum absolute atomic E-state index is 12.4. The Labute approximate surface area is 145 Å². The molecule has 1 aliphatic heterocycles. The minimum atomic E-state index is -0.921. The zero-order valence-corrected chi connectivity index (χ0v) is 14.2. The molecule has 1 aromatic carbocycles. The van der Waals surface area contributed by atoms with Gasteiger partial charge in [0.2, 0.25) is 0 Å². The Morgan fingerprint density at radius 2 is 1.84 bits per heavy atom. The van der Waals surface area contributed by atoms with Crippen molar-refractivity contribution >= 4 is 29.5 Å². The standard InChI is InChI=1S/C17H21N3O5/c1-10(2)9-20-15(23)12-6-5-11(8-13(12)16(20)24)19-17(25)18-7-3-4-14(21)22/h5-6,8,10H,3-4,7,9H2,1-2H3,(H,21,22)(H2,18,19,25). The number of nitrogens with zero attached hydrogens (tertiary/aromatic N) is 1. The predicted octanol–water partition coefficient (Wildman–Crippen LogP) is 1.92. The number of amides is 4. The Bertz CT molecular complexity index is 714. The molecule has 4 amide bonds. The van der Waals surface area contributed by atoms with Crippen LogP contribution in [0.3, 0.4) is 0 Å². The maximum Gasteiger partial charge on any atom is 0.319 e. The largest absolute Gasteiger partial charge is 0.481 e. The van der Waals surface area contributed by atoms with Gasteiger partial charge in [0.15, 0.2) is 0 Å². The number of carbonyl (C=O) groups excluding carboxylic acids is 3. The Kier molecular flexibility index (Phi) is 5.74. The van der Waals surface area contributed by atoms with Gasteiger partial charge < -0.3 is 15.7 Å². The second kappa shape index (κ2) is 7.78. The Morgan fingerprint density at radius 3 is 2.48 bits per heavy atom. The molecular weight excluding hydrogens is 326 g/mol. The number of rotatable bonds is 7. The van der Waals surface area contributed by atoms with Gasteiger partial charge in [-0.3, -0.25) is 19.3 Å². The van der Waals surface area contributed by atoms with Crippen molar-refractivity contribution < 1.29 is 24.3 Å². The van der Waals surface area contributed by atoms with Crippen LogP contribution in [-0.4, -0.2) is 46.9 Å². The third-order valence-corrected chi connectivity index (χ3v) is 3.63. The number of anilines is 1. The van der Waals surface area contributed by atoms with E-state index in [1.165, 1.54) is 17.0 Å². The molecule has 25 heavy (non-hydrogen) atoms. The monoisotopic (exact) mass is 347 g/mol. The SMILES string of the molecule is CC(C)CN1C(=O)c2ccc(NC(=O)NCCCC(=O)O)cc2C1=O. The van der Waals surface area contributed by atoms with Crippen LogP contribution < -0.4 is 10.6 Å². The average Bonchev–Trinajstić information content (AvgIpc) is 2.76. The van der Waals surface area contributed by atoms with E-state index < -0.39 is 12.0 Å². The highest BCUT2D eigenvalue weighted by Crippen LogP contribution is 2.26. The number of hydrogen-bond donors (Lipinski definition) is 3. The molecule has 1 heterocycles. The molecule has 8 nitrogen and oxygen atoms in total. The second-order valence-electron chi connectivity index (χ2n) is 6.25. The van der Waals surface area contributed by atoms with Gasteiger partial charge in [0.1, 0.15) is 0 Å². The summed E-state index contributed by atoms with van der Waals surface area (Å²) < 4.78 is 0. The van der Waals surface area contributed by atoms with E-state index in [0.717, 1.165) is 0 Å². The molecule has 0 atom stereocenters. The van der Waals surface area contributed by atoms with Gasteiger partial charge in [0.25, 0.3) is 11.8 Å². The molecule has 0 saturated heterocycles. The Hall–Kier alpha value is -2.90. The zero-order valence-electron chi connectivity index (χ0n) is 14.2. The van der Waals surface area contributed by atoms with Crippen LogP contribution in [0, 0.1) is 5.92 Å². The normalized spacial score (nSPS) is 13.2. The van der Waals surface area contributed by atoms with Crippen molar-refractivity contribution in [2.24, 2.45) is 5.92 Å². The van der Waals surface area contributed by atoms with Gasteiger partial charge in [0, 0.05) is 25.2 Å². The fourth-order valence-corrected chi connectivity index (χ4v) is 2.52. The summed E-state index contributed by atoms with van der Waals surface area (Å²) in [4.78, 5) is 48.0. The van der Waals surface area contributed by atoms with Crippen LogP contribution in [0.5, 0.6) is 0 Å². The molecule has 8 heteroatoms. The summed E-state index contributed by atoms with van der Waals surface area (Å²) in [5, 5.41) is 13.6. The summed E-state index contributed by atoms with van der Waals surface area (Å²) in [5.41, 5.74) is 0.995. The van der Waals surface area contributed by atoms with Crippen molar-refractivity contribution in [3.63, 3.8) is 0 Å². The molecule has 0 saturated carbocycles. The Morgan fingerprint density at radius 1 is 1.16 bits per heavy atom. The molecule has 0 radical (unpaired) electrons. The van der Waals surface area contributed by atoms with Crippen LogP contribution in [0.1, 0.15) is 47.4 Å². The molecule has 0 spiro atoms. The number of carboxylic acids is 1. The molecule has 1 aromatic rings. The molecule has 3 N–H and O–H groups in total. The maximum atomic E-state index is 12.4. The van der Waals surface area contributed by atoms with E-state index >= 15 is 0 Å². The number of carboxylic acid groups (broad SMARTS) is 1. The van der Waals surface area contributed by atoms with Gasteiger partial charge in [-0.25, -0.2) is 4.79 Å². The molecule has 1 aliphatic rings. The highest BCUT2D eigenvalue weighted by Gasteiger charge is 2.35. The Balaban J connectivity index is 1.99. The molecule has 0 unspecified atom stereocenters. The van der Waals surface area contributed by atoms with E-state index in [1.807, 2.05) is 13.8 Å². The van der Waals surface area contributed by atoms with Crippen LogP contribution in [-0.2, 0) is 4.79 Å². The van der Waals surface area contributed by atoms with Crippen LogP contribution >= 0.6 is 0 Å². The summed E-state index contributed by atoms with van der Waals surface area (Å²) in [6.45, 7) is 4.41. The summed E-state index contributed by atoms with van der Waals surface area (Å²) in [6.07, 6.45) is 0.297. The smallest absolute Gasteiger partial charge is 0.319 e. The number of aliphatic carboxylic acids is 1. The third kappa shape index (κ3) is 4.56. The number of urea groups is 1. The van der Waals surface area contributed by atoms with Crippen LogP contribution in [0.15, 0.2) is 18.2 Å². The van der Waals surface area contributed by atoms with Gasteiger partial charge in [0.05, 0.1) is 11.1 Å². The van der Waals surface area contributed by atoms with Crippen molar-refractivity contribution in [3.05, 3.63) is 29.3 Å². The van der Waals surface area contributed by atoms with E-state index in [9.17, 15) is 19.2 Å². The quantitative estimate of drug-likeness (QED) is 0.515. The predicted molar refractivity (Wildman–Crippen MR) is 90.5 cm³/mol. The second-order valence-corrected chi connectivity index (χ2v) is 6.25. The number of imide groups is 1. The molecule has 2 rings (SSSR count). The topological polar surface area (TPSA) is 116 Å². The summed E-state index contributed by atoms with van der Waals surface area (Å²) in [7, 11) is 0. The van der Waals surface area contributed by atoms with Gasteiger partial charge in [-0.15, -0.1) is 0 Å². The first-order chi connectivity index (χ1) is 11.8. The van der Waals surface area contributed by atoms with Crippen molar-refractivity contribution in [1.29, 1.82) is 0 Å². The van der Waals surface area contributed by atoms with Crippen molar-refractivity contribution in [2.75, 3.05) is 18.4 Å². The van der Waals surface area contributed by atoms with Gasteiger partial charge >= 0.3 is 12.0 Å². The minimum absolute atomic E-state index is 0.0264. The first-order valence-electron chi connectivity index (χ1n) is 8.06. The van der Waals surface area contributed by atoms with E-state index in [-0.39, 0.29) is 36.3 Å². The lowest BCUT2D eigenvalue weighted by atomic mass is 10.1. The highest BCUT2D eigenvalue weighted by atomic mass is 16.4. The average molecular weight is 347 g/mol. The summed E-state index contributed by atoms with van der Waals surface area (Å²) in [6, 6.07) is 4.06. The lowest BCUT2D eigenvalue weighted by Crippen LogP contribution is -2.33. The van der Waals surface area contributed by atoms with Gasteiger partial charge in [-0.2, -0.15) is 0 Å². The minimum Gasteiger partial charge on any atom is -0.481 e. The molecule has 0 aromatic heterocycles. The molecule has 134 valence electrons. The highest BCUT2D eigenvalue weighted by molar-refractivity contribution is 6.21. The lowest BCUT2D eigenvalue weighted by Gasteiger charge is -2.15. The zero-order chi connectivity index (χ0) is 18.6. The molecular formula is C17H21N3O5. The lowest BCUT2D eigenvalue weighted by molar-refractivity contribution is -0.137. The van der Waals surface area contributed by atoms with Gasteiger partial charge in [-0.1, -0.05) is 13.8 Å². The van der Waals surface area contributed by atoms with E-state index in [2.05, 4.69) is 10.6 Å². The molecule has 0 aliphatic carbocycles. The van der Waals surface area contributed by atoms with Crippen molar-refractivity contribution in [3.8, 4) is 0 Å². The summed E-state index contributed by atoms with van der Waals surface area (Å²) >= 11 is 0. The molecule has 0 bridgehead atoms. The van der Waals surface area contributed by atoms with Crippen LogP contribution in [0.25, 0.3) is 0 Å². The first kappa shape index (κ1) is 18.4. The number of nitrogens with one attached hydrogen (secondary N) is 2. The fourth-order valence-electron chi connectivity index (χ4n) is 2.52. The fraction of sp³-hybridized carbons (Fsp3) is 0.412. The number of benzene rings is 1.